The van der Waals surface area contributed by atoms with Crippen molar-refractivity contribution in [2.75, 3.05) is 11.9 Å². The molecule has 2 aliphatic rings. The molecule has 0 saturated heterocycles. The summed E-state index contributed by atoms with van der Waals surface area (Å²) in [5, 5.41) is 0.875. The lowest BCUT2D eigenvalue weighted by molar-refractivity contribution is 0.0759. The number of alkyl halides is 1. The first kappa shape index (κ1) is 12.7. The highest BCUT2D eigenvalue weighted by molar-refractivity contribution is 9.09. The Labute approximate surface area is 120 Å². The number of hydrogen-bond acceptors (Lipinski definition) is 2. The minimum atomic E-state index is 0.261. The van der Waals surface area contributed by atoms with Crippen molar-refractivity contribution < 1.29 is 4.79 Å². The molecule has 0 N–H and O–H groups in total. The molecule has 18 heavy (non-hydrogen) atoms. The minimum absolute atomic E-state index is 0.261. The van der Waals surface area contributed by atoms with E-state index < -0.39 is 0 Å². The van der Waals surface area contributed by atoms with Crippen LogP contribution in [0, 0.1) is 0 Å². The Morgan fingerprint density at radius 2 is 2.17 bits per heavy atom. The fourth-order valence-corrected chi connectivity index (χ4v) is 4.26. The number of fused-ring (bicyclic) bond motifs is 1. The van der Waals surface area contributed by atoms with E-state index in [1.165, 1.54) is 49.0 Å². The van der Waals surface area contributed by atoms with Gasteiger partial charge in [0.05, 0.1) is 4.88 Å². The maximum Gasteiger partial charge on any atom is 0.264 e. The van der Waals surface area contributed by atoms with E-state index in [9.17, 15) is 4.79 Å². The molecule has 0 bridgehead atoms. The van der Waals surface area contributed by atoms with Gasteiger partial charge in [-0.2, -0.15) is 0 Å². The molecule has 0 spiro atoms. The lowest BCUT2D eigenvalue weighted by Gasteiger charge is -2.20. The predicted molar refractivity (Wildman–Crippen MR) is 78.8 cm³/mol. The van der Waals surface area contributed by atoms with Crippen LogP contribution >= 0.6 is 27.3 Å². The van der Waals surface area contributed by atoms with Crippen molar-refractivity contribution in [3.05, 3.63) is 21.4 Å². The Morgan fingerprint density at radius 1 is 1.39 bits per heavy atom. The van der Waals surface area contributed by atoms with Crippen LogP contribution in [0.15, 0.2) is 6.07 Å². The van der Waals surface area contributed by atoms with Crippen LogP contribution in [-0.2, 0) is 12.8 Å². The molecule has 0 aromatic carbocycles. The Balaban J connectivity index is 1.80. The van der Waals surface area contributed by atoms with Gasteiger partial charge in [-0.3, -0.25) is 4.79 Å². The van der Waals surface area contributed by atoms with Crippen LogP contribution in [0.25, 0.3) is 0 Å². The molecule has 2 aliphatic carbocycles. The number of halogens is 1. The van der Waals surface area contributed by atoms with Crippen LogP contribution < -0.4 is 0 Å². The highest BCUT2D eigenvalue weighted by Crippen LogP contribution is 2.33. The summed E-state index contributed by atoms with van der Waals surface area (Å²) in [5.74, 6) is 0.261. The monoisotopic (exact) mass is 327 g/mol. The van der Waals surface area contributed by atoms with Crippen molar-refractivity contribution in [1.82, 2.24) is 4.90 Å². The molecule has 1 aromatic rings. The van der Waals surface area contributed by atoms with Gasteiger partial charge < -0.3 is 4.90 Å². The van der Waals surface area contributed by atoms with Crippen LogP contribution in [0.4, 0.5) is 0 Å². The Morgan fingerprint density at radius 3 is 2.83 bits per heavy atom. The van der Waals surface area contributed by atoms with Gasteiger partial charge >= 0.3 is 0 Å². The first-order valence-corrected chi connectivity index (χ1v) is 8.72. The first-order valence-electron chi connectivity index (χ1n) is 6.78. The largest absolute Gasteiger partial charge is 0.334 e. The molecular formula is C14H18BrNOS. The van der Waals surface area contributed by atoms with E-state index in [2.05, 4.69) is 26.9 Å². The van der Waals surface area contributed by atoms with Gasteiger partial charge in [-0.15, -0.1) is 11.3 Å². The third-order valence-electron chi connectivity index (χ3n) is 3.78. The van der Waals surface area contributed by atoms with Gasteiger partial charge in [0.15, 0.2) is 0 Å². The summed E-state index contributed by atoms with van der Waals surface area (Å²) in [6, 6.07) is 2.67. The average molecular weight is 328 g/mol. The number of carbonyl (C=O) groups excluding carboxylic acids is 1. The topological polar surface area (TPSA) is 20.3 Å². The highest BCUT2D eigenvalue weighted by atomic mass is 79.9. The molecule has 0 radical (unpaired) electrons. The van der Waals surface area contributed by atoms with Crippen LogP contribution in [0.2, 0.25) is 0 Å². The third kappa shape index (κ3) is 2.50. The van der Waals surface area contributed by atoms with Gasteiger partial charge in [0.2, 0.25) is 0 Å². The van der Waals surface area contributed by atoms with Crippen molar-refractivity contribution in [3.8, 4) is 0 Å². The van der Waals surface area contributed by atoms with E-state index in [1.54, 1.807) is 11.3 Å². The van der Waals surface area contributed by atoms with Crippen molar-refractivity contribution in [2.24, 2.45) is 0 Å². The number of carbonyl (C=O) groups is 1. The van der Waals surface area contributed by atoms with Gasteiger partial charge in [0, 0.05) is 22.8 Å². The van der Waals surface area contributed by atoms with Crippen molar-refractivity contribution in [3.63, 3.8) is 0 Å². The van der Waals surface area contributed by atoms with Gasteiger partial charge in [-0.25, -0.2) is 0 Å². The SMILES string of the molecule is O=C(c1cc2c(s1)CCCC2)N(CCBr)C1CC1. The van der Waals surface area contributed by atoms with Gasteiger partial charge in [-0.1, -0.05) is 15.9 Å². The summed E-state index contributed by atoms with van der Waals surface area (Å²) in [7, 11) is 0. The van der Waals surface area contributed by atoms with Crippen LogP contribution in [0.3, 0.4) is 0 Å². The molecule has 3 rings (SSSR count). The fraction of sp³-hybridized carbons (Fsp3) is 0.643. The summed E-state index contributed by atoms with van der Waals surface area (Å²) in [5.41, 5.74) is 1.43. The number of nitrogens with zero attached hydrogens (tertiary/aromatic N) is 1. The molecule has 4 heteroatoms. The molecule has 0 unspecified atom stereocenters. The second kappa shape index (κ2) is 5.33. The normalized spacial score (nSPS) is 18.5. The van der Waals surface area contributed by atoms with Gasteiger partial charge in [-0.05, 0) is 50.2 Å². The summed E-state index contributed by atoms with van der Waals surface area (Å²) >= 11 is 5.19. The Kier molecular flexibility index (Phi) is 3.76. The van der Waals surface area contributed by atoms with Crippen molar-refractivity contribution in [1.29, 1.82) is 0 Å². The van der Waals surface area contributed by atoms with E-state index in [4.69, 9.17) is 0 Å². The van der Waals surface area contributed by atoms with Crippen molar-refractivity contribution >= 4 is 33.2 Å². The van der Waals surface area contributed by atoms with Crippen LogP contribution in [0.5, 0.6) is 0 Å². The zero-order valence-corrected chi connectivity index (χ0v) is 12.9. The summed E-state index contributed by atoms with van der Waals surface area (Å²) in [4.78, 5) is 17.0. The Bertz CT molecular complexity index is 429. The smallest absolute Gasteiger partial charge is 0.264 e. The van der Waals surface area contributed by atoms with E-state index in [0.717, 1.165) is 16.8 Å². The quantitative estimate of drug-likeness (QED) is 0.773. The maximum atomic E-state index is 12.5. The molecule has 0 aliphatic heterocycles. The van der Waals surface area contributed by atoms with Crippen LogP contribution in [0.1, 0.15) is 45.8 Å². The molecule has 1 fully saturated rings. The molecule has 2 nitrogen and oxygen atoms in total. The zero-order chi connectivity index (χ0) is 12.5. The molecule has 98 valence electrons. The molecule has 1 aromatic heterocycles. The predicted octanol–water partition coefficient (Wildman–Crippen LogP) is 3.63. The number of hydrogen-bond donors (Lipinski definition) is 0. The minimum Gasteiger partial charge on any atom is -0.334 e. The molecule has 1 amide bonds. The maximum absolute atomic E-state index is 12.5. The first-order chi connectivity index (χ1) is 8.79. The Hall–Kier alpha value is -0.350. The molecular weight excluding hydrogens is 310 g/mol. The van der Waals surface area contributed by atoms with E-state index in [-0.39, 0.29) is 5.91 Å². The zero-order valence-electron chi connectivity index (χ0n) is 10.5. The number of aryl methyl sites for hydroxylation is 2. The molecule has 1 heterocycles. The van der Waals surface area contributed by atoms with E-state index in [1.807, 2.05) is 0 Å². The summed E-state index contributed by atoms with van der Waals surface area (Å²) < 4.78 is 0. The molecule has 1 saturated carbocycles. The lowest BCUT2D eigenvalue weighted by atomic mass is 9.99. The number of amides is 1. The average Bonchev–Trinajstić information content (AvgIpc) is 3.13. The van der Waals surface area contributed by atoms with Crippen LogP contribution in [-0.4, -0.2) is 28.7 Å². The second-order valence-electron chi connectivity index (χ2n) is 5.18. The van der Waals surface area contributed by atoms with Gasteiger partial charge in [0.25, 0.3) is 5.91 Å². The lowest BCUT2D eigenvalue weighted by Crippen LogP contribution is -2.34. The standard InChI is InChI=1S/C14H18BrNOS/c15-7-8-16(11-5-6-11)14(17)13-9-10-3-1-2-4-12(10)18-13/h9,11H,1-8H2. The van der Waals surface area contributed by atoms with Crippen molar-refractivity contribution in [2.45, 2.75) is 44.6 Å². The fourth-order valence-electron chi connectivity index (χ4n) is 2.66. The number of rotatable bonds is 4. The van der Waals surface area contributed by atoms with E-state index in [0.29, 0.717) is 6.04 Å². The van der Waals surface area contributed by atoms with Gasteiger partial charge in [0.1, 0.15) is 0 Å². The third-order valence-corrected chi connectivity index (χ3v) is 5.36. The second-order valence-corrected chi connectivity index (χ2v) is 7.11. The van der Waals surface area contributed by atoms with E-state index >= 15 is 0 Å². The highest BCUT2D eigenvalue weighted by Gasteiger charge is 2.33. The summed E-state index contributed by atoms with van der Waals surface area (Å²) in [6.07, 6.45) is 7.28. The molecule has 0 atom stereocenters. The number of thiophene rings is 1. The summed E-state index contributed by atoms with van der Waals surface area (Å²) in [6.45, 7) is 0.839.